The first-order chi connectivity index (χ1) is 8.15. The lowest BCUT2D eigenvalue weighted by Gasteiger charge is -2.36. The van der Waals surface area contributed by atoms with Crippen LogP contribution in [0.1, 0.15) is 58.8 Å². The predicted molar refractivity (Wildman–Crippen MR) is 71.7 cm³/mol. The van der Waals surface area contributed by atoms with E-state index in [9.17, 15) is 4.79 Å². The highest BCUT2D eigenvalue weighted by Crippen LogP contribution is 2.23. The molecule has 17 heavy (non-hydrogen) atoms. The molecule has 1 aliphatic heterocycles. The molecule has 0 aliphatic carbocycles. The van der Waals surface area contributed by atoms with E-state index >= 15 is 0 Å². The van der Waals surface area contributed by atoms with Crippen LogP contribution >= 0.6 is 0 Å². The van der Waals surface area contributed by atoms with Crippen molar-refractivity contribution >= 4 is 5.91 Å². The number of rotatable bonds is 6. The van der Waals surface area contributed by atoms with Crippen LogP contribution in [0.3, 0.4) is 0 Å². The number of nitrogens with two attached hydrogens (primary N) is 1. The van der Waals surface area contributed by atoms with Crippen LogP contribution in [0.2, 0.25) is 0 Å². The van der Waals surface area contributed by atoms with Crippen LogP contribution in [0.15, 0.2) is 0 Å². The van der Waals surface area contributed by atoms with Gasteiger partial charge in [-0.15, -0.1) is 0 Å². The van der Waals surface area contributed by atoms with Crippen LogP contribution in [0.4, 0.5) is 0 Å². The summed E-state index contributed by atoms with van der Waals surface area (Å²) in [6.45, 7) is 6.09. The molecule has 1 heterocycles. The largest absolute Gasteiger partial charge is 0.340 e. The van der Waals surface area contributed by atoms with E-state index in [0.717, 1.165) is 18.9 Å². The second-order valence-corrected chi connectivity index (χ2v) is 5.60. The summed E-state index contributed by atoms with van der Waals surface area (Å²) in [7, 11) is 0. The fraction of sp³-hybridized carbons (Fsp3) is 0.929. The molecule has 3 nitrogen and oxygen atoms in total. The molecule has 1 saturated heterocycles. The molecule has 0 radical (unpaired) electrons. The first kappa shape index (κ1) is 14.5. The lowest BCUT2D eigenvalue weighted by Crippen LogP contribution is -2.43. The van der Waals surface area contributed by atoms with Gasteiger partial charge in [-0.1, -0.05) is 13.8 Å². The Kier molecular flexibility index (Phi) is 6.56. The quantitative estimate of drug-likeness (QED) is 0.775. The van der Waals surface area contributed by atoms with Gasteiger partial charge in [0.05, 0.1) is 0 Å². The van der Waals surface area contributed by atoms with E-state index in [1.807, 2.05) is 0 Å². The van der Waals surface area contributed by atoms with Gasteiger partial charge in [0.25, 0.3) is 0 Å². The van der Waals surface area contributed by atoms with Gasteiger partial charge in [0.1, 0.15) is 0 Å². The van der Waals surface area contributed by atoms with Crippen molar-refractivity contribution in [3.05, 3.63) is 0 Å². The van der Waals surface area contributed by atoms with Crippen molar-refractivity contribution in [3.8, 4) is 0 Å². The average molecular weight is 240 g/mol. The van der Waals surface area contributed by atoms with E-state index in [-0.39, 0.29) is 0 Å². The van der Waals surface area contributed by atoms with Gasteiger partial charge in [-0.3, -0.25) is 4.79 Å². The van der Waals surface area contributed by atoms with Gasteiger partial charge < -0.3 is 10.6 Å². The Hall–Kier alpha value is -0.570. The molecule has 3 heteroatoms. The number of piperidine rings is 1. The lowest BCUT2D eigenvalue weighted by atomic mass is 9.94. The Morgan fingerprint density at radius 1 is 1.41 bits per heavy atom. The summed E-state index contributed by atoms with van der Waals surface area (Å²) in [6.07, 6.45) is 7.51. The topological polar surface area (TPSA) is 46.3 Å². The third-order valence-corrected chi connectivity index (χ3v) is 3.62. The van der Waals surface area contributed by atoms with Crippen molar-refractivity contribution < 1.29 is 4.79 Å². The normalized spacial score (nSPS) is 20.9. The van der Waals surface area contributed by atoms with Gasteiger partial charge in [0, 0.05) is 19.0 Å². The third kappa shape index (κ3) is 5.07. The zero-order valence-corrected chi connectivity index (χ0v) is 11.5. The first-order valence-corrected chi connectivity index (χ1v) is 7.14. The molecule has 0 aromatic rings. The zero-order valence-electron chi connectivity index (χ0n) is 11.5. The maximum Gasteiger partial charge on any atom is 0.222 e. The molecular weight excluding hydrogens is 212 g/mol. The fourth-order valence-corrected chi connectivity index (χ4v) is 2.55. The minimum Gasteiger partial charge on any atom is -0.340 e. The Bertz CT molecular complexity index is 228. The summed E-state index contributed by atoms with van der Waals surface area (Å²) in [6, 6.07) is 0.497. The molecule has 0 aromatic carbocycles. The maximum atomic E-state index is 12.1. The van der Waals surface area contributed by atoms with E-state index in [1.165, 1.54) is 32.1 Å². The van der Waals surface area contributed by atoms with Crippen molar-refractivity contribution in [2.45, 2.75) is 64.8 Å². The van der Waals surface area contributed by atoms with Crippen molar-refractivity contribution in [3.63, 3.8) is 0 Å². The minimum absolute atomic E-state index is 0.323. The van der Waals surface area contributed by atoms with Crippen molar-refractivity contribution in [2.24, 2.45) is 11.7 Å². The highest BCUT2D eigenvalue weighted by molar-refractivity contribution is 5.76. The van der Waals surface area contributed by atoms with E-state index in [1.54, 1.807) is 0 Å². The molecule has 0 spiro atoms. The third-order valence-electron chi connectivity index (χ3n) is 3.62. The van der Waals surface area contributed by atoms with E-state index in [2.05, 4.69) is 18.7 Å². The number of hydrogen-bond donors (Lipinski definition) is 1. The average Bonchev–Trinajstić information content (AvgIpc) is 2.33. The van der Waals surface area contributed by atoms with Crippen LogP contribution < -0.4 is 5.73 Å². The molecule has 0 saturated carbocycles. The summed E-state index contributed by atoms with van der Waals surface area (Å²) in [5.41, 5.74) is 5.47. The number of hydrogen-bond acceptors (Lipinski definition) is 2. The second kappa shape index (κ2) is 7.70. The number of likely N-dealkylation sites (tertiary alicyclic amines) is 1. The minimum atomic E-state index is 0.323. The Balaban J connectivity index is 2.44. The first-order valence-electron chi connectivity index (χ1n) is 7.14. The van der Waals surface area contributed by atoms with Gasteiger partial charge in [-0.05, 0) is 51.0 Å². The highest BCUT2D eigenvalue weighted by atomic mass is 16.2. The molecule has 2 N–H and O–H groups in total. The number of nitrogens with zero attached hydrogens (tertiary/aromatic N) is 1. The molecule has 1 fully saturated rings. The number of amides is 1. The monoisotopic (exact) mass is 240 g/mol. The number of carbonyl (C=O) groups excluding carboxylic acids is 1. The predicted octanol–water partition coefficient (Wildman–Crippen LogP) is 2.54. The Labute approximate surface area is 106 Å². The van der Waals surface area contributed by atoms with Crippen LogP contribution in [-0.4, -0.2) is 29.9 Å². The molecule has 0 aromatic heterocycles. The van der Waals surface area contributed by atoms with Crippen molar-refractivity contribution in [1.29, 1.82) is 0 Å². The summed E-state index contributed by atoms with van der Waals surface area (Å²) in [4.78, 5) is 14.2. The molecule has 1 amide bonds. The molecule has 1 aliphatic rings. The molecule has 1 atom stereocenters. The molecule has 0 bridgehead atoms. The zero-order chi connectivity index (χ0) is 12.7. The highest BCUT2D eigenvalue weighted by Gasteiger charge is 2.25. The van der Waals surface area contributed by atoms with Gasteiger partial charge in [-0.25, -0.2) is 0 Å². The molecule has 100 valence electrons. The van der Waals surface area contributed by atoms with Crippen molar-refractivity contribution in [2.75, 3.05) is 13.1 Å². The summed E-state index contributed by atoms with van der Waals surface area (Å²) < 4.78 is 0. The van der Waals surface area contributed by atoms with Gasteiger partial charge >= 0.3 is 0 Å². The summed E-state index contributed by atoms with van der Waals surface area (Å²) in [5, 5.41) is 0. The Morgan fingerprint density at radius 3 is 2.82 bits per heavy atom. The SMILES string of the molecule is CC(C)CC[C@H]1CCCCN1C(=O)CCCN. The standard InChI is InChI=1S/C14H28N2O/c1-12(2)8-9-13-6-3-4-11-16(13)14(17)7-5-10-15/h12-13H,3-11,15H2,1-2H3/t13-/m1/s1. The fourth-order valence-electron chi connectivity index (χ4n) is 2.55. The van der Waals surface area contributed by atoms with Crippen LogP contribution in [0.5, 0.6) is 0 Å². The van der Waals surface area contributed by atoms with Gasteiger partial charge in [0.15, 0.2) is 0 Å². The lowest BCUT2D eigenvalue weighted by molar-refractivity contribution is -0.135. The molecule has 0 unspecified atom stereocenters. The van der Waals surface area contributed by atoms with Crippen LogP contribution in [0, 0.1) is 5.92 Å². The van der Waals surface area contributed by atoms with Crippen molar-refractivity contribution in [1.82, 2.24) is 4.90 Å². The maximum absolute atomic E-state index is 12.1. The molecule has 1 rings (SSSR count). The van der Waals surface area contributed by atoms with E-state index < -0.39 is 0 Å². The summed E-state index contributed by atoms with van der Waals surface area (Å²) in [5.74, 6) is 1.06. The van der Waals surface area contributed by atoms with Crippen LogP contribution in [0.25, 0.3) is 0 Å². The smallest absolute Gasteiger partial charge is 0.222 e. The number of carbonyl (C=O) groups is 1. The Morgan fingerprint density at radius 2 is 2.18 bits per heavy atom. The van der Waals surface area contributed by atoms with Gasteiger partial charge in [-0.2, -0.15) is 0 Å². The summed E-state index contributed by atoms with van der Waals surface area (Å²) >= 11 is 0. The van der Waals surface area contributed by atoms with Gasteiger partial charge in [0.2, 0.25) is 5.91 Å². The van der Waals surface area contributed by atoms with E-state index in [4.69, 9.17) is 5.73 Å². The van der Waals surface area contributed by atoms with E-state index in [0.29, 0.717) is 24.9 Å². The van der Waals surface area contributed by atoms with Crippen LogP contribution in [-0.2, 0) is 4.79 Å². The second-order valence-electron chi connectivity index (χ2n) is 5.60. The molecular formula is C14H28N2O.